The maximum atomic E-state index is 13.7. The van der Waals surface area contributed by atoms with Crippen molar-refractivity contribution in [2.24, 2.45) is 11.7 Å². The molecule has 10 heteroatoms. The summed E-state index contributed by atoms with van der Waals surface area (Å²) in [5.74, 6) is -1.35. The number of nitrogens with one attached hydrogen (secondary N) is 2. The number of hydrogen-bond acceptors (Lipinski definition) is 7. The number of anilines is 2. The van der Waals surface area contributed by atoms with Gasteiger partial charge in [0.1, 0.15) is 6.20 Å². The highest BCUT2D eigenvalue weighted by Crippen LogP contribution is 2.26. The van der Waals surface area contributed by atoms with Crippen LogP contribution in [0.4, 0.5) is 26.2 Å². The predicted octanol–water partition coefficient (Wildman–Crippen LogP) is 3.20. The van der Waals surface area contributed by atoms with Crippen molar-refractivity contribution in [2.75, 3.05) is 17.2 Å². The van der Waals surface area contributed by atoms with E-state index >= 15 is 0 Å². The van der Waals surface area contributed by atoms with Crippen molar-refractivity contribution >= 4 is 17.5 Å². The van der Waals surface area contributed by atoms with Gasteiger partial charge in [0.05, 0.1) is 4.92 Å². The Balaban J connectivity index is 1.68. The molecule has 1 aromatic carbocycles. The molecule has 1 fully saturated rings. The number of halogens is 2. The van der Waals surface area contributed by atoms with Crippen LogP contribution in [0.3, 0.4) is 0 Å². The predicted molar refractivity (Wildman–Crippen MR) is 101 cm³/mol. The molecule has 1 aromatic heterocycles. The van der Waals surface area contributed by atoms with Gasteiger partial charge < -0.3 is 16.4 Å². The summed E-state index contributed by atoms with van der Waals surface area (Å²) in [5.41, 5.74) is 5.77. The van der Waals surface area contributed by atoms with Crippen LogP contribution >= 0.6 is 0 Å². The first-order valence-corrected chi connectivity index (χ1v) is 9.11. The average molecular weight is 392 g/mol. The molecule has 1 saturated carbocycles. The quantitative estimate of drug-likeness (QED) is 0.489. The second-order valence-corrected chi connectivity index (χ2v) is 6.91. The second kappa shape index (κ2) is 8.87. The van der Waals surface area contributed by atoms with Gasteiger partial charge in [-0.1, -0.05) is 12.1 Å². The molecule has 0 radical (unpaired) electrons. The van der Waals surface area contributed by atoms with Crippen LogP contribution in [0, 0.1) is 27.7 Å². The largest absolute Gasteiger partial charge is 0.364 e. The third-order valence-electron chi connectivity index (χ3n) is 4.88. The minimum absolute atomic E-state index is 0.0542. The molecule has 0 bridgehead atoms. The molecule has 0 saturated heterocycles. The van der Waals surface area contributed by atoms with Crippen LogP contribution in [0.25, 0.3) is 0 Å². The Bertz CT molecular complexity index is 843. The molecule has 150 valence electrons. The van der Waals surface area contributed by atoms with Gasteiger partial charge in [0.25, 0.3) is 0 Å². The molecule has 4 N–H and O–H groups in total. The Morgan fingerprint density at radius 2 is 1.96 bits per heavy atom. The van der Waals surface area contributed by atoms with Crippen molar-refractivity contribution in [3.63, 3.8) is 0 Å². The lowest BCUT2D eigenvalue weighted by Crippen LogP contribution is -2.29. The maximum absolute atomic E-state index is 13.7. The number of nitrogens with two attached hydrogens (primary N) is 1. The first-order valence-electron chi connectivity index (χ1n) is 9.11. The number of aromatic nitrogens is 2. The Hall–Kier alpha value is -2.88. The van der Waals surface area contributed by atoms with Gasteiger partial charge in [-0.25, -0.2) is 13.8 Å². The number of rotatable bonds is 7. The highest BCUT2D eigenvalue weighted by molar-refractivity contribution is 5.57. The van der Waals surface area contributed by atoms with Crippen LogP contribution in [0.1, 0.15) is 31.2 Å². The topological polar surface area (TPSA) is 119 Å². The molecule has 1 aliphatic rings. The monoisotopic (exact) mass is 392 g/mol. The molecule has 3 rings (SSSR count). The van der Waals surface area contributed by atoms with Crippen LogP contribution in [-0.2, 0) is 6.54 Å². The lowest BCUT2D eigenvalue weighted by atomic mass is 9.86. The van der Waals surface area contributed by atoms with E-state index in [0.29, 0.717) is 12.5 Å². The van der Waals surface area contributed by atoms with Gasteiger partial charge in [0, 0.05) is 24.7 Å². The Kier molecular flexibility index (Phi) is 6.30. The van der Waals surface area contributed by atoms with Crippen LogP contribution in [0.15, 0.2) is 24.4 Å². The van der Waals surface area contributed by atoms with E-state index in [0.717, 1.165) is 37.9 Å². The second-order valence-electron chi connectivity index (χ2n) is 6.91. The molecular formula is C18H22F2N6O2. The van der Waals surface area contributed by atoms with Crippen molar-refractivity contribution in [3.8, 4) is 0 Å². The zero-order chi connectivity index (χ0) is 20.1. The summed E-state index contributed by atoms with van der Waals surface area (Å²) >= 11 is 0. The zero-order valence-corrected chi connectivity index (χ0v) is 15.2. The van der Waals surface area contributed by atoms with Crippen molar-refractivity contribution < 1.29 is 13.7 Å². The van der Waals surface area contributed by atoms with Crippen molar-refractivity contribution in [1.82, 2.24) is 9.97 Å². The molecule has 0 atom stereocenters. The minimum atomic E-state index is -0.953. The lowest BCUT2D eigenvalue weighted by molar-refractivity contribution is -0.384. The van der Waals surface area contributed by atoms with E-state index in [9.17, 15) is 18.9 Å². The van der Waals surface area contributed by atoms with E-state index < -0.39 is 16.6 Å². The van der Waals surface area contributed by atoms with Gasteiger partial charge in [-0.3, -0.25) is 10.1 Å². The van der Waals surface area contributed by atoms with Gasteiger partial charge in [-0.2, -0.15) is 4.98 Å². The van der Waals surface area contributed by atoms with E-state index in [2.05, 4.69) is 20.6 Å². The van der Waals surface area contributed by atoms with E-state index in [-0.39, 0.29) is 35.6 Å². The van der Waals surface area contributed by atoms with Gasteiger partial charge >= 0.3 is 5.69 Å². The highest BCUT2D eigenvalue weighted by Gasteiger charge is 2.22. The molecule has 1 aliphatic carbocycles. The lowest BCUT2D eigenvalue weighted by Gasteiger charge is -2.26. The van der Waals surface area contributed by atoms with Gasteiger partial charge in [0.2, 0.25) is 11.8 Å². The zero-order valence-electron chi connectivity index (χ0n) is 15.2. The third-order valence-corrected chi connectivity index (χ3v) is 4.88. The van der Waals surface area contributed by atoms with E-state index in [4.69, 9.17) is 5.73 Å². The van der Waals surface area contributed by atoms with Gasteiger partial charge in [-0.05, 0) is 37.7 Å². The van der Waals surface area contributed by atoms with Crippen molar-refractivity contribution in [1.29, 1.82) is 0 Å². The van der Waals surface area contributed by atoms with E-state index in [1.807, 2.05) is 0 Å². The fourth-order valence-corrected chi connectivity index (χ4v) is 3.22. The van der Waals surface area contributed by atoms with Crippen molar-refractivity contribution in [3.05, 3.63) is 51.7 Å². The van der Waals surface area contributed by atoms with E-state index in [1.54, 1.807) is 0 Å². The summed E-state index contributed by atoms with van der Waals surface area (Å²) in [4.78, 5) is 18.7. The molecular weight excluding hydrogens is 370 g/mol. The maximum Gasteiger partial charge on any atom is 0.329 e. The number of nitro groups is 1. The molecule has 0 spiro atoms. The first kappa shape index (κ1) is 19.9. The van der Waals surface area contributed by atoms with Gasteiger partial charge in [0.15, 0.2) is 11.6 Å². The summed E-state index contributed by atoms with van der Waals surface area (Å²) in [6, 6.07) is 4.09. The normalized spacial score (nSPS) is 19.2. The average Bonchev–Trinajstić information content (AvgIpc) is 2.68. The van der Waals surface area contributed by atoms with Crippen LogP contribution in [0.2, 0.25) is 0 Å². The molecule has 2 aromatic rings. The van der Waals surface area contributed by atoms with Crippen LogP contribution in [-0.4, -0.2) is 27.5 Å². The van der Waals surface area contributed by atoms with Crippen molar-refractivity contribution in [2.45, 2.75) is 38.3 Å². The van der Waals surface area contributed by atoms with E-state index in [1.165, 1.54) is 12.1 Å². The third kappa shape index (κ3) is 4.89. The number of hydrogen-bond donors (Lipinski definition) is 3. The number of benzene rings is 1. The Morgan fingerprint density at radius 3 is 2.68 bits per heavy atom. The summed E-state index contributed by atoms with van der Waals surface area (Å²) in [6.45, 7) is 0.490. The molecule has 0 aliphatic heterocycles. The molecule has 0 amide bonds. The smallest absolute Gasteiger partial charge is 0.329 e. The Labute approximate surface area is 160 Å². The molecule has 8 nitrogen and oxygen atoms in total. The SMILES string of the molecule is NC1CCC(CNc2nc(NCc3cccc(F)c3F)ncc2[N+](=O)[O-])CC1. The highest BCUT2D eigenvalue weighted by atomic mass is 19.2. The van der Waals surface area contributed by atoms with Gasteiger partial charge in [-0.15, -0.1) is 0 Å². The first-order chi connectivity index (χ1) is 13.4. The fourth-order valence-electron chi connectivity index (χ4n) is 3.22. The Morgan fingerprint density at radius 1 is 1.21 bits per heavy atom. The summed E-state index contributed by atoms with van der Waals surface area (Å²) in [6.07, 6.45) is 4.87. The fraction of sp³-hybridized carbons (Fsp3) is 0.444. The minimum Gasteiger partial charge on any atom is -0.364 e. The van der Waals surface area contributed by atoms with Crippen LogP contribution in [0.5, 0.6) is 0 Å². The molecule has 1 heterocycles. The molecule has 28 heavy (non-hydrogen) atoms. The summed E-state index contributed by atoms with van der Waals surface area (Å²) in [7, 11) is 0. The summed E-state index contributed by atoms with van der Waals surface area (Å²) in [5, 5.41) is 17.0. The standard InChI is InChI=1S/C18H22F2N6O2/c19-14-3-1-2-12(16(14)20)9-23-18-24-10-15(26(27)28)17(25-18)22-8-11-4-6-13(21)7-5-11/h1-3,10-11,13H,4-9,21H2,(H2,22,23,24,25). The summed E-state index contributed by atoms with van der Waals surface area (Å²) < 4.78 is 27.0. The molecule has 0 unspecified atom stereocenters. The van der Waals surface area contributed by atoms with Crippen LogP contribution < -0.4 is 16.4 Å². The number of nitrogens with zero attached hydrogens (tertiary/aromatic N) is 3.